The molecule has 0 heterocycles. The minimum Gasteiger partial charge on any atom is -0.325 e. The summed E-state index contributed by atoms with van der Waals surface area (Å²) in [5, 5.41) is 0. The summed E-state index contributed by atoms with van der Waals surface area (Å²) in [6.45, 7) is 2.12. The number of halogens is 1. The normalized spacial score (nSPS) is 41.7. The molecule has 0 unspecified atom stereocenters. The van der Waals surface area contributed by atoms with Gasteiger partial charge in [-0.1, -0.05) is 13.3 Å². The lowest BCUT2D eigenvalue weighted by Crippen LogP contribution is -2.37. The Hall–Kier alpha value is -0.110. The first-order chi connectivity index (χ1) is 4.74. The van der Waals surface area contributed by atoms with Crippen LogP contribution in [0.5, 0.6) is 0 Å². The fourth-order valence-corrected chi connectivity index (χ4v) is 1.59. The van der Waals surface area contributed by atoms with E-state index in [1.165, 1.54) is 0 Å². The highest BCUT2D eigenvalue weighted by Crippen LogP contribution is 2.27. The topological polar surface area (TPSA) is 26.0 Å². The molecule has 2 N–H and O–H groups in total. The minimum absolute atomic E-state index is 0.178. The first-order valence-corrected chi connectivity index (χ1v) is 4.13. The molecule has 1 nitrogen and oxygen atoms in total. The van der Waals surface area contributed by atoms with Crippen molar-refractivity contribution < 1.29 is 4.39 Å². The van der Waals surface area contributed by atoms with Crippen molar-refractivity contribution in [1.29, 1.82) is 0 Å². The van der Waals surface area contributed by atoms with Gasteiger partial charge in [-0.3, -0.25) is 0 Å². The molecule has 10 heavy (non-hydrogen) atoms. The zero-order valence-corrected chi connectivity index (χ0v) is 6.52. The van der Waals surface area contributed by atoms with E-state index < -0.39 is 6.17 Å². The molecule has 0 aromatic heterocycles. The van der Waals surface area contributed by atoms with Crippen LogP contribution in [0.3, 0.4) is 0 Å². The third kappa shape index (κ3) is 1.69. The molecule has 1 fully saturated rings. The van der Waals surface area contributed by atoms with Crippen LogP contribution in [0.1, 0.15) is 32.6 Å². The van der Waals surface area contributed by atoms with Gasteiger partial charge in [0.25, 0.3) is 0 Å². The van der Waals surface area contributed by atoms with Gasteiger partial charge in [-0.15, -0.1) is 0 Å². The highest BCUT2D eigenvalue weighted by molar-refractivity contribution is 4.81. The minimum atomic E-state index is -0.737. The Kier molecular flexibility index (Phi) is 2.66. The van der Waals surface area contributed by atoms with Crippen molar-refractivity contribution in [1.82, 2.24) is 0 Å². The van der Waals surface area contributed by atoms with Gasteiger partial charge >= 0.3 is 0 Å². The largest absolute Gasteiger partial charge is 0.325 e. The Balaban J connectivity index is 2.33. The van der Waals surface area contributed by atoms with Crippen LogP contribution in [0.25, 0.3) is 0 Å². The predicted octanol–water partition coefficient (Wildman–Crippen LogP) is 1.86. The first-order valence-electron chi connectivity index (χ1n) is 4.13. The van der Waals surface area contributed by atoms with Gasteiger partial charge in [0.05, 0.1) is 0 Å². The molecule has 0 aromatic rings. The molecule has 1 rings (SSSR count). The molecule has 1 saturated carbocycles. The summed E-state index contributed by atoms with van der Waals surface area (Å²) in [5.74, 6) is 0.592. The SMILES string of the molecule is CC[C@@H]1CC[C@H](N)[C@H](F)C1. The number of hydrogen-bond donors (Lipinski definition) is 1. The summed E-state index contributed by atoms with van der Waals surface area (Å²) in [6, 6.07) is -0.178. The zero-order valence-electron chi connectivity index (χ0n) is 6.52. The summed E-state index contributed by atoms with van der Waals surface area (Å²) in [5.41, 5.74) is 5.52. The van der Waals surface area contributed by atoms with Crippen LogP contribution < -0.4 is 5.73 Å². The number of hydrogen-bond acceptors (Lipinski definition) is 1. The lowest BCUT2D eigenvalue weighted by Gasteiger charge is -2.28. The Labute approximate surface area is 61.8 Å². The second-order valence-electron chi connectivity index (χ2n) is 3.27. The third-order valence-electron chi connectivity index (χ3n) is 2.51. The number of alkyl halides is 1. The second-order valence-corrected chi connectivity index (χ2v) is 3.27. The molecular weight excluding hydrogens is 129 g/mol. The maximum absolute atomic E-state index is 12.9. The van der Waals surface area contributed by atoms with E-state index in [9.17, 15) is 4.39 Å². The molecule has 1 aliphatic carbocycles. The number of rotatable bonds is 1. The van der Waals surface area contributed by atoms with Gasteiger partial charge in [-0.25, -0.2) is 4.39 Å². The van der Waals surface area contributed by atoms with Crippen molar-refractivity contribution >= 4 is 0 Å². The molecule has 0 amide bonds. The van der Waals surface area contributed by atoms with Crippen molar-refractivity contribution in [2.75, 3.05) is 0 Å². The summed E-state index contributed by atoms with van der Waals surface area (Å²) in [7, 11) is 0. The number of nitrogens with two attached hydrogens (primary N) is 1. The Morgan fingerprint density at radius 2 is 2.20 bits per heavy atom. The molecule has 0 aliphatic heterocycles. The summed E-state index contributed by atoms with van der Waals surface area (Å²) >= 11 is 0. The Bertz CT molecular complexity index is 105. The van der Waals surface area contributed by atoms with E-state index in [1.807, 2.05) is 0 Å². The van der Waals surface area contributed by atoms with Crippen molar-refractivity contribution in [2.45, 2.75) is 44.8 Å². The van der Waals surface area contributed by atoms with Gasteiger partial charge in [0.2, 0.25) is 0 Å². The highest BCUT2D eigenvalue weighted by Gasteiger charge is 2.26. The highest BCUT2D eigenvalue weighted by atomic mass is 19.1. The van der Waals surface area contributed by atoms with Crippen LogP contribution in [0.2, 0.25) is 0 Å². The third-order valence-corrected chi connectivity index (χ3v) is 2.51. The fourth-order valence-electron chi connectivity index (χ4n) is 1.59. The summed E-state index contributed by atoms with van der Waals surface area (Å²) < 4.78 is 12.9. The average molecular weight is 145 g/mol. The Morgan fingerprint density at radius 1 is 1.50 bits per heavy atom. The molecule has 2 heteroatoms. The van der Waals surface area contributed by atoms with E-state index in [1.54, 1.807) is 0 Å². The van der Waals surface area contributed by atoms with Gasteiger partial charge < -0.3 is 5.73 Å². The smallest absolute Gasteiger partial charge is 0.115 e. The maximum Gasteiger partial charge on any atom is 0.115 e. The van der Waals surface area contributed by atoms with Crippen molar-refractivity contribution in [3.63, 3.8) is 0 Å². The molecule has 3 atom stereocenters. The lowest BCUT2D eigenvalue weighted by molar-refractivity contribution is 0.169. The van der Waals surface area contributed by atoms with Gasteiger partial charge in [-0.2, -0.15) is 0 Å². The van der Waals surface area contributed by atoms with Crippen LogP contribution in [0.4, 0.5) is 4.39 Å². The molecular formula is C8H16FN. The van der Waals surface area contributed by atoms with E-state index in [4.69, 9.17) is 5.73 Å². The van der Waals surface area contributed by atoms with Crippen molar-refractivity contribution in [3.8, 4) is 0 Å². The van der Waals surface area contributed by atoms with E-state index in [0.29, 0.717) is 12.3 Å². The Morgan fingerprint density at radius 3 is 2.70 bits per heavy atom. The quantitative estimate of drug-likeness (QED) is 0.598. The molecule has 0 aromatic carbocycles. The fraction of sp³-hybridized carbons (Fsp3) is 1.00. The molecule has 1 aliphatic rings. The zero-order chi connectivity index (χ0) is 7.56. The van der Waals surface area contributed by atoms with Crippen molar-refractivity contribution in [2.24, 2.45) is 11.7 Å². The molecule has 0 saturated heterocycles. The molecule has 0 spiro atoms. The predicted molar refractivity (Wildman–Crippen MR) is 40.5 cm³/mol. The monoisotopic (exact) mass is 145 g/mol. The second kappa shape index (κ2) is 3.33. The van der Waals surface area contributed by atoms with E-state index in [2.05, 4.69) is 6.92 Å². The van der Waals surface area contributed by atoms with Gasteiger partial charge in [0, 0.05) is 6.04 Å². The summed E-state index contributed by atoms with van der Waals surface area (Å²) in [6.07, 6.45) is 3.06. The van der Waals surface area contributed by atoms with Gasteiger partial charge in [0.15, 0.2) is 0 Å². The van der Waals surface area contributed by atoms with Gasteiger partial charge in [0.1, 0.15) is 6.17 Å². The van der Waals surface area contributed by atoms with E-state index >= 15 is 0 Å². The molecule has 60 valence electrons. The molecule has 0 bridgehead atoms. The van der Waals surface area contributed by atoms with Crippen LogP contribution in [-0.4, -0.2) is 12.2 Å². The first kappa shape index (κ1) is 7.99. The lowest BCUT2D eigenvalue weighted by atomic mass is 9.84. The maximum atomic E-state index is 12.9. The summed E-state index contributed by atoms with van der Waals surface area (Å²) in [4.78, 5) is 0. The van der Waals surface area contributed by atoms with E-state index in [0.717, 1.165) is 19.3 Å². The van der Waals surface area contributed by atoms with Crippen LogP contribution in [0.15, 0.2) is 0 Å². The van der Waals surface area contributed by atoms with Crippen LogP contribution in [0, 0.1) is 5.92 Å². The van der Waals surface area contributed by atoms with E-state index in [-0.39, 0.29) is 6.04 Å². The average Bonchev–Trinajstić information content (AvgIpc) is 1.95. The van der Waals surface area contributed by atoms with Crippen LogP contribution in [-0.2, 0) is 0 Å². The van der Waals surface area contributed by atoms with Crippen LogP contribution >= 0.6 is 0 Å². The molecule has 0 radical (unpaired) electrons. The van der Waals surface area contributed by atoms with Gasteiger partial charge in [-0.05, 0) is 25.2 Å². The van der Waals surface area contributed by atoms with Crippen molar-refractivity contribution in [3.05, 3.63) is 0 Å². The standard InChI is InChI=1S/C8H16FN/c1-2-6-3-4-8(10)7(9)5-6/h6-8H,2-5,10H2,1H3/t6-,7-,8+/m1/s1.